The number of hydrogen-bond acceptors (Lipinski definition) is 4. The molecule has 0 aliphatic carbocycles. The second-order valence-electron chi connectivity index (χ2n) is 6.41. The molecule has 0 fully saturated rings. The van der Waals surface area contributed by atoms with Crippen LogP contribution in [0, 0.1) is 18.3 Å². The molecule has 0 aromatic heterocycles. The minimum atomic E-state index is -0.304. The van der Waals surface area contributed by atoms with Gasteiger partial charge in [0.2, 0.25) is 11.8 Å². The van der Waals surface area contributed by atoms with Crippen LogP contribution in [0.25, 0.3) is 0 Å². The third-order valence-corrected chi connectivity index (χ3v) is 5.58. The van der Waals surface area contributed by atoms with Crippen LogP contribution in [0.3, 0.4) is 0 Å². The third kappa shape index (κ3) is 4.94. The third-order valence-electron chi connectivity index (χ3n) is 4.31. The number of nitrogens with one attached hydrogen (secondary N) is 2. The van der Waals surface area contributed by atoms with E-state index in [0.717, 1.165) is 22.9 Å². The number of hydrogen-bond donors (Lipinski definition) is 2. The molecule has 5 nitrogen and oxygen atoms in total. The second-order valence-corrected chi connectivity index (χ2v) is 7.84. The summed E-state index contributed by atoms with van der Waals surface area (Å²) in [6, 6.07) is 16.8. The molecule has 0 unspecified atom stereocenters. The van der Waals surface area contributed by atoms with Crippen molar-refractivity contribution in [3.8, 4) is 6.07 Å². The molecule has 7 heteroatoms. The quantitative estimate of drug-likeness (QED) is 0.765. The SMILES string of the molecule is Cc1ccc([C@@H]2CC(=O)NC(SCC(=O)Nc3ccc(Cl)cc3)=C2C#N)cc1. The van der Waals surface area contributed by atoms with Crippen molar-refractivity contribution in [2.75, 3.05) is 11.1 Å². The number of carbonyl (C=O) groups excluding carboxylic acids is 2. The summed E-state index contributed by atoms with van der Waals surface area (Å²) < 4.78 is 0. The molecule has 2 amide bonds. The summed E-state index contributed by atoms with van der Waals surface area (Å²) in [7, 11) is 0. The van der Waals surface area contributed by atoms with Crippen molar-refractivity contribution in [3.63, 3.8) is 0 Å². The van der Waals surface area contributed by atoms with Crippen molar-refractivity contribution >= 4 is 40.9 Å². The molecule has 1 atom stereocenters. The summed E-state index contributed by atoms with van der Waals surface area (Å²) >= 11 is 6.99. The number of rotatable bonds is 5. The molecule has 0 saturated heterocycles. The fraction of sp³-hybridized carbons (Fsp3) is 0.190. The highest BCUT2D eigenvalue weighted by atomic mass is 35.5. The lowest BCUT2D eigenvalue weighted by molar-refractivity contribution is -0.121. The zero-order chi connectivity index (χ0) is 20.1. The van der Waals surface area contributed by atoms with Crippen LogP contribution in [-0.4, -0.2) is 17.6 Å². The van der Waals surface area contributed by atoms with Gasteiger partial charge in [-0.15, -0.1) is 0 Å². The number of nitriles is 1. The van der Waals surface area contributed by atoms with Crippen molar-refractivity contribution in [2.45, 2.75) is 19.3 Å². The van der Waals surface area contributed by atoms with Gasteiger partial charge in [-0.05, 0) is 36.8 Å². The van der Waals surface area contributed by atoms with Gasteiger partial charge in [-0.3, -0.25) is 9.59 Å². The number of aryl methyl sites for hydroxylation is 1. The number of benzene rings is 2. The van der Waals surface area contributed by atoms with E-state index in [-0.39, 0.29) is 29.9 Å². The van der Waals surface area contributed by atoms with Crippen LogP contribution in [0.1, 0.15) is 23.5 Å². The number of anilines is 1. The average Bonchev–Trinajstić information content (AvgIpc) is 2.68. The minimum Gasteiger partial charge on any atom is -0.325 e. The Kier molecular flexibility index (Phi) is 6.40. The number of carbonyl (C=O) groups is 2. The Labute approximate surface area is 172 Å². The Morgan fingerprint density at radius 3 is 2.57 bits per heavy atom. The van der Waals surface area contributed by atoms with Gasteiger partial charge in [-0.2, -0.15) is 5.26 Å². The van der Waals surface area contributed by atoms with Crippen LogP contribution >= 0.6 is 23.4 Å². The molecule has 142 valence electrons. The molecule has 28 heavy (non-hydrogen) atoms. The van der Waals surface area contributed by atoms with Gasteiger partial charge in [0.05, 0.1) is 22.4 Å². The summed E-state index contributed by atoms with van der Waals surface area (Å²) in [6.07, 6.45) is 0.215. The zero-order valence-electron chi connectivity index (χ0n) is 15.2. The molecule has 3 rings (SSSR count). The van der Waals surface area contributed by atoms with Gasteiger partial charge in [0, 0.05) is 23.0 Å². The monoisotopic (exact) mass is 411 g/mol. The molecule has 1 aliphatic rings. The molecule has 2 aromatic rings. The fourth-order valence-electron chi connectivity index (χ4n) is 2.88. The van der Waals surface area contributed by atoms with E-state index in [4.69, 9.17) is 11.6 Å². The Hall–Kier alpha value is -2.75. The molecule has 0 radical (unpaired) electrons. The summed E-state index contributed by atoms with van der Waals surface area (Å²) in [5.41, 5.74) is 3.14. The Bertz CT molecular complexity index is 963. The van der Waals surface area contributed by atoms with Gasteiger partial charge in [0.1, 0.15) is 0 Å². The van der Waals surface area contributed by atoms with Gasteiger partial charge < -0.3 is 10.6 Å². The largest absolute Gasteiger partial charge is 0.325 e. The Morgan fingerprint density at radius 1 is 1.25 bits per heavy atom. The molecule has 1 aliphatic heterocycles. The minimum absolute atomic E-state index is 0.0734. The average molecular weight is 412 g/mol. The number of halogens is 1. The maximum Gasteiger partial charge on any atom is 0.234 e. The van der Waals surface area contributed by atoms with E-state index in [9.17, 15) is 14.9 Å². The molecule has 1 heterocycles. The van der Waals surface area contributed by atoms with Crippen molar-refractivity contribution < 1.29 is 9.59 Å². The standard InChI is InChI=1S/C21H18ClN3O2S/c1-13-2-4-14(5-3-13)17-10-19(26)25-21(18(17)11-23)28-12-20(27)24-16-8-6-15(22)7-9-16/h2-9,17H,10,12H2,1H3,(H,24,27)(H,25,26)/t17-/m0/s1. The molecule has 2 aromatic carbocycles. The van der Waals surface area contributed by atoms with Crippen LogP contribution in [0.2, 0.25) is 5.02 Å². The van der Waals surface area contributed by atoms with E-state index in [2.05, 4.69) is 16.7 Å². The normalized spacial score (nSPS) is 16.3. The van der Waals surface area contributed by atoms with Crippen LogP contribution in [0.4, 0.5) is 5.69 Å². The fourth-order valence-corrected chi connectivity index (χ4v) is 3.89. The number of amides is 2. The van der Waals surface area contributed by atoms with E-state index in [0.29, 0.717) is 21.3 Å². The summed E-state index contributed by atoms with van der Waals surface area (Å²) in [4.78, 5) is 24.4. The molecule has 2 N–H and O–H groups in total. The highest BCUT2D eigenvalue weighted by Crippen LogP contribution is 2.36. The maximum absolute atomic E-state index is 12.2. The smallest absolute Gasteiger partial charge is 0.234 e. The number of thioether (sulfide) groups is 1. The lowest BCUT2D eigenvalue weighted by atomic mass is 9.87. The van der Waals surface area contributed by atoms with E-state index < -0.39 is 0 Å². The zero-order valence-corrected chi connectivity index (χ0v) is 16.7. The van der Waals surface area contributed by atoms with Gasteiger partial charge in [0.15, 0.2) is 0 Å². The molecular weight excluding hydrogens is 394 g/mol. The lowest BCUT2D eigenvalue weighted by Crippen LogP contribution is -2.31. The molecule has 0 saturated carbocycles. The van der Waals surface area contributed by atoms with E-state index in [1.165, 1.54) is 0 Å². The predicted octanol–water partition coefficient (Wildman–Crippen LogP) is 4.36. The van der Waals surface area contributed by atoms with Crippen LogP contribution < -0.4 is 10.6 Å². The van der Waals surface area contributed by atoms with Gasteiger partial charge in [0.25, 0.3) is 0 Å². The topological polar surface area (TPSA) is 82.0 Å². The maximum atomic E-state index is 12.2. The van der Waals surface area contributed by atoms with Crippen LogP contribution in [-0.2, 0) is 9.59 Å². The first-order valence-corrected chi connectivity index (χ1v) is 10.0. The number of nitrogens with zero attached hydrogens (tertiary/aromatic N) is 1. The van der Waals surface area contributed by atoms with Crippen LogP contribution in [0.15, 0.2) is 59.1 Å². The van der Waals surface area contributed by atoms with E-state index >= 15 is 0 Å². The van der Waals surface area contributed by atoms with E-state index in [1.807, 2.05) is 31.2 Å². The summed E-state index contributed by atoms with van der Waals surface area (Å²) in [5, 5.41) is 16.2. The van der Waals surface area contributed by atoms with Crippen LogP contribution in [0.5, 0.6) is 0 Å². The predicted molar refractivity (Wildman–Crippen MR) is 112 cm³/mol. The summed E-state index contributed by atoms with van der Waals surface area (Å²) in [6.45, 7) is 1.99. The van der Waals surface area contributed by atoms with Gasteiger partial charge in [-0.25, -0.2) is 0 Å². The molecular formula is C21H18ClN3O2S. The van der Waals surface area contributed by atoms with Crippen molar-refractivity contribution in [3.05, 3.63) is 75.3 Å². The first kappa shape index (κ1) is 20.0. The molecule has 0 bridgehead atoms. The number of allylic oxidation sites excluding steroid dienone is 1. The van der Waals surface area contributed by atoms with Crippen molar-refractivity contribution in [1.82, 2.24) is 5.32 Å². The first-order chi connectivity index (χ1) is 13.5. The van der Waals surface area contributed by atoms with Crippen molar-refractivity contribution in [1.29, 1.82) is 5.26 Å². The van der Waals surface area contributed by atoms with E-state index in [1.54, 1.807) is 24.3 Å². The molecule has 0 spiro atoms. The summed E-state index contributed by atoms with van der Waals surface area (Å²) in [5.74, 6) is -0.625. The van der Waals surface area contributed by atoms with Gasteiger partial charge >= 0.3 is 0 Å². The Balaban J connectivity index is 1.73. The lowest BCUT2D eigenvalue weighted by Gasteiger charge is -2.25. The highest BCUT2D eigenvalue weighted by molar-refractivity contribution is 8.03. The second kappa shape index (κ2) is 8.96. The highest BCUT2D eigenvalue weighted by Gasteiger charge is 2.29. The first-order valence-electron chi connectivity index (χ1n) is 8.65. The van der Waals surface area contributed by atoms with Crippen molar-refractivity contribution in [2.24, 2.45) is 0 Å². The Morgan fingerprint density at radius 2 is 1.93 bits per heavy atom. The van der Waals surface area contributed by atoms with Gasteiger partial charge in [-0.1, -0.05) is 53.2 Å².